The maximum atomic E-state index is 10.6. The zero-order valence-corrected chi connectivity index (χ0v) is 11.8. The second-order valence-corrected chi connectivity index (χ2v) is 6.08. The molecule has 0 saturated carbocycles. The minimum Gasteiger partial charge on any atom is -0.385 e. The van der Waals surface area contributed by atoms with Gasteiger partial charge in [0.05, 0.1) is 5.75 Å². The highest BCUT2D eigenvalue weighted by Crippen LogP contribution is 2.20. The summed E-state index contributed by atoms with van der Waals surface area (Å²) in [5, 5.41) is 3.12. The van der Waals surface area contributed by atoms with Gasteiger partial charge in [0.2, 0.25) is 0 Å². The summed E-state index contributed by atoms with van der Waals surface area (Å²) >= 11 is 0. The van der Waals surface area contributed by atoms with Crippen LogP contribution in [-0.2, 0) is 10.1 Å². The quantitative estimate of drug-likeness (QED) is 0.634. The SMILES string of the molecule is O=S(=O)(O)CCCNc1ccc(-c2ccccc2)cc1. The monoisotopic (exact) mass is 291 g/mol. The van der Waals surface area contributed by atoms with E-state index in [1.807, 2.05) is 42.5 Å². The predicted octanol–water partition coefficient (Wildman–Crippen LogP) is 3.04. The molecule has 0 bridgehead atoms. The summed E-state index contributed by atoms with van der Waals surface area (Å²) in [6.07, 6.45) is 0.374. The highest BCUT2D eigenvalue weighted by atomic mass is 32.2. The van der Waals surface area contributed by atoms with Gasteiger partial charge >= 0.3 is 0 Å². The molecule has 0 aliphatic carbocycles. The molecule has 2 aromatic rings. The van der Waals surface area contributed by atoms with Crippen molar-refractivity contribution in [1.29, 1.82) is 0 Å². The first kappa shape index (κ1) is 14.6. The molecule has 0 aliphatic heterocycles. The van der Waals surface area contributed by atoms with Crippen LogP contribution in [0.15, 0.2) is 54.6 Å². The van der Waals surface area contributed by atoms with Crippen LogP contribution in [0.4, 0.5) is 5.69 Å². The average molecular weight is 291 g/mol. The van der Waals surface area contributed by atoms with Crippen molar-refractivity contribution in [2.45, 2.75) is 6.42 Å². The molecule has 2 rings (SSSR count). The molecule has 0 amide bonds. The van der Waals surface area contributed by atoms with Crippen LogP contribution in [0, 0.1) is 0 Å². The van der Waals surface area contributed by atoms with Gasteiger partial charge < -0.3 is 5.32 Å². The molecule has 106 valence electrons. The van der Waals surface area contributed by atoms with Gasteiger partial charge in [-0.15, -0.1) is 0 Å². The Labute approximate surface area is 119 Å². The molecule has 20 heavy (non-hydrogen) atoms. The Morgan fingerprint density at radius 2 is 1.50 bits per heavy atom. The van der Waals surface area contributed by atoms with E-state index < -0.39 is 10.1 Å². The van der Waals surface area contributed by atoms with Gasteiger partial charge in [-0.2, -0.15) is 8.42 Å². The average Bonchev–Trinajstić information content (AvgIpc) is 2.44. The van der Waals surface area contributed by atoms with E-state index in [1.54, 1.807) is 0 Å². The minimum atomic E-state index is -3.86. The van der Waals surface area contributed by atoms with Crippen LogP contribution in [0.2, 0.25) is 0 Å². The highest BCUT2D eigenvalue weighted by molar-refractivity contribution is 7.85. The molecule has 0 aromatic heterocycles. The number of hydrogen-bond donors (Lipinski definition) is 2. The Kier molecular flexibility index (Phi) is 4.76. The smallest absolute Gasteiger partial charge is 0.264 e. The van der Waals surface area contributed by atoms with Gasteiger partial charge in [0.1, 0.15) is 0 Å². The second kappa shape index (κ2) is 6.54. The van der Waals surface area contributed by atoms with E-state index in [9.17, 15) is 8.42 Å². The van der Waals surface area contributed by atoms with Gasteiger partial charge in [-0.3, -0.25) is 4.55 Å². The van der Waals surface area contributed by atoms with Gasteiger partial charge in [0.25, 0.3) is 10.1 Å². The number of nitrogens with one attached hydrogen (secondary N) is 1. The third kappa shape index (κ3) is 4.68. The van der Waals surface area contributed by atoms with Crippen LogP contribution >= 0.6 is 0 Å². The fourth-order valence-electron chi connectivity index (χ4n) is 1.90. The van der Waals surface area contributed by atoms with E-state index in [4.69, 9.17) is 4.55 Å². The molecule has 2 N–H and O–H groups in total. The molecule has 5 heteroatoms. The normalized spacial score (nSPS) is 11.2. The maximum absolute atomic E-state index is 10.6. The minimum absolute atomic E-state index is 0.220. The first-order valence-electron chi connectivity index (χ1n) is 6.39. The van der Waals surface area contributed by atoms with Crippen LogP contribution in [0.5, 0.6) is 0 Å². The lowest BCUT2D eigenvalue weighted by Crippen LogP contribution is -2.10. The van der Waals surface area contributed by atoms with Gasteiger partial charge in [0, 0.05) is 12.2 Å². The highest BCUT2D eigenvalue weighted by Gasteiger charge is 2.03. The van der Waals surface area contributed by atoms with Gasteiger partial charge in [-0.1, -0.05) is 42.5 Å². The first-order chi connectivity index (χ1) is 9.54. The summed E-state index contributed by atoms with van der Waals surface area (Å²) in [7, 11) is -3.86. The van der Waals surface area contributed by atoms with Crippen molar-refractivity contribution < 1.29 is 13.0 Å². The van der Waals surface area contributed by atoms with Gasteiger partial charge in [0.15, 0.2) is 0 Å². The number of hydrogen-bond acceptors (Lipinski definition) is 3. The van der Waals surface area contributed by atoms with Crippen LogP contribution < -0.4 is 5.32 Å². The van der Waals surface area contributed by atoms with Crippen molar-refractivity contribution in [1.82, 2.24) is 0 Å². The van der Waals surface area contributed by atoms with E-state index >= 15 is 0 Å². The fraction of sp³-hybridized carbons (Fsp3) is 0.200. The van der Waals surface area contributed by atoms with Crippen molar-refractivity contribution in [2.24, 2.45) is 0 Å². The summed E-state index contributed by atoms with van der Waals surface area (Å²) in [5.74, 6) is -0.220. The Balaban J connectivity index is 1.89. The molecule has 0 radical (unpaired) electrons. The summed E-state index contributed by atoms with van der Waals surface area (Å²) in [5.41, 5.74) is 3.22. The van der Waals surface area contributed by atoms with Crippen LogP contribution in [0.25, 0.3) is 11.1 Å². The molecule has 4 nitrogen and oxygen atoms in total. The lowest BCUT2D eigenvalue weighted by atomic mass is 10.1. The second-order valence-electron chi connectivity index (χ2n) is 4.51. The van der Waals surface area contributed by atoms with Crippen molar-refractivity contribution in [2.75, 3.05) is 17.6 Å². The van der Waals surface area contributed by atoms with E-state index in [0.717, 1.165) is 16.8 Å². The molecule has 0 atom stereocenters. The zero-order valence-electron chi connectivity index (χ0n) is 11.0. The third-order valence-corrected chi connectivity index (χ3v) is 3.70. The Morgan fingerprint density at radius 1 is 0.900 bits per heavy atom. The summed E-state index contributed by atoms with van der Waals surface area (Å²) in [6.45, 7) is 0.504. The first-order valence-corrected chi connectivity index (χ1v) is 8.00. The molecular weight excluding hydrogens is 274 g/mol. The van der Waals surface area contributed by atoms with Crippen LogP contribution in [0.3, 0.4) is 0 Å². The molecule has 0 saturated heterocycles. The van der Waals surface area contributed by atoms with Gasteiger partial charge in [-0.05, 0) is 29.7 Å². The van der Waals surface area contributed by atoms with E-state index in [1.165, 1.54) is 0 Å². The predicted molar refractivity (Wildman–Crippen MR) is 81.4 cm³/mol. The molecule has 0 heterocycles. The van der Waals surface area contributed by atoms with E-state index in [2.05, 4.69) is 17.4 Å². The molecule has 0 fully saturated rings. The third-order valence-electron chi connectivity index (χ3n) is 2.90. The standard InChI is InChI=1S/C15H17NO3S/c17-20(18,19)12-4-11-16-15-9-7-14(8-10-15)13-5-2-1-3-6-13/h1-3,5-10,16H,4,11-12H2,(H,17,18,19). The topological polar surface area (TPSA) is 66.4 Å². The Hall–Kier alpha value is -1.85. The van der Waals surface area contributed by atoms with Crippen LogP contribution in [0.1, 0.15) is 6.42 Å². The summed E-state index contributed by atoms with van der Waals surface area (Å²) in [4.78, 5) is 0. The van der Waals surface area contributed by atoms with Gasteiger partial charge in [-0.25, -0.2) is 0 Å². The molecule has 0 unspecified atom stereocenters. The molecular formula is C15H17NO3S. The van der Waals surface area contributed by atoms with Crippen LogP contribution in [-0.4, -0.2) is 25.3 Å². The molecule has 0 aliphatic rings. The van der Waals surface area contributed by atoms with Crippen molar-refractivity contribution in [3.8, 4) is 11.1 Å². The van der Waals surface area contributed by atoms with E-state index in [0.29, 0.717) is 13.0 Å². The summed E-state index contributed by atoms with van der Waals surface area (Å²) < 4.78 is 29.8. The van der Waals surface area contributed by atoms with E-state index in [-0.39, 0.29) is 5.75 Å². The Morgan fingerprint density at radius 3 is 2.10 bits per heavy atom. The number of benzene rings is 2. The number of anilines is 1. The van der Waals surface area contributed by atoms with Crippen molar-refractivity contribution in [3.05, 3.63) is 54.6 Å². The fourth-order valence-corrected chi connectivity index (χ4v) is 2.41. The molecule has 2 aromatic carbocycles. The Bertz CT molecular complexity index is 637. The number of rotatable bonds is 6. The lowest BCUT2D eigenvalue weighted by molar-refractivity contribution is 0.481. The largest absolute Gasteiger partial charge is 0.385 e. The summed E-state index contributed by atoms with van der Waals surface area (Å²) in [6, 6.07) is 18.0. The molecule has 0 spiro atoms. The maximum Gasteiger partial charge on any atom is 0.264 e. The lowest BCUT2D eigenvalue weighted by Gasteiger charge is -2.07. The van der Waals surface area contributed by atoms with Crippen molar-refractivity contribution in [3.63, 3.8) is 0 Å². The zero-order chi connectivity index (χ0) is 14.4. The van der Waals surface area contributed by atoms with Crippen molar-refractivity contribution >= 4 is 15.8 Å².